The number of para-hydroxylation sites is 1. The van der Waals surface area contributed by atoms with Crippen LogP contribution in [0.4, 0.5) is 5.69 Å². The lowest BCUT2D eigenvalue weighted by atomic mass is 10.1. The molecule has 0 aliphatic carbocycles. The van der Waals surface area contributed by atoms with E-state index in [1.54, 1.807) is 0 Å². The number of hydrogen-bond donors (Lipinski definition) is 1. The number of piperazine rings is 1. The van der Waals surface area contributed by atoms with Crippen molar-refractivity contribution >= 4 is 17.3 Å². The molecule has 1 saturated heterocycles. The molecule has 0 radical (unpaired) electrons. The van der Waals surface area contributed by atoms with E-state index in [1.165, 1.54) is 11.3 Å². The van der Waals surface area contributed by atoms with Gasteiger partial charge in [-0.25, -0.2) is 0 Å². The molecule has 1 heterocycles. The molecule has 0 saturated carbocycles. The number of rotatable bonds is 5. The molecular weight excluding hydrogens is 282 g/mol. The lowest BCUT2D eigenvalue weighted by Crippen LogP contribution is -2.49. The fourth-order valence-electron chi connectivity index (χ4n) is 2.83. The molecule has 2 rings (SSSR count). The van der Waals surface area contributed by atoms with Crippen LogP contribution in [0.15, 0.2) is 18.2 Å². The third-order valence-electron chi connectivity index (χ3n) is 4.13. The second kappa shape index (κ2) is 7.48. The van der Waals surface area contributed by atoms with E-state index in [1.807, 2.05) is 12.1 Å². The van der Waals surface area contributed by atoms with E-state index in [2.05, 4.69) is 48.9 Å². The summed E-state index contributed by atoms with van der Waals surface area (Å²) < 4.78 is 0. The van der Waals surface area contributed by atoms with Gasteiger partial charge in [0.05, 0.1) is 10.7 Å². The Bertz CT molecular complexity index is 451. The van der Waals surface area contributed by atoms with Gasteiger partial charge in [-0.05, 0) is 25.5 Å². The summed E-state index contributed by atoms with van der Waals surface area (Å²) in [5.74, 6) is 0. The minimum Gasteiger partial charge on any atom is -0.367 e. The summed E-state index contributed by atoms with van der Waals surface area (Å²) in [6.45, 7) is 14.1. The van der Waals surface area contributed by atoms with E-state index in [9.17, 15) is 0 Å². The van der Waals surface area contributed by atoms with Crippen molar-refractivity contribution in [2.24, 2.45) is 0 Å². The van der Waals surface area contributed by atoms with Crippen molar-refractivity contribution in [3.63, 3.8) is 0 Å². The van der Waals surface area contributed by atoms with Gasteiger partial charge in [0.25, 0.3) is 0 Å². The van der Waals surface area contributed by atoms with Crippen molar-refractivity contribution < 1.29 is 0 Å². The molecule has 0 aromatic heterocycles. The standard InChI is InChI=1S/C17H28ClN3/c1-13(2)19-12-15-6-5-7-16(18)17(15)21-10-8-20(9-11-21)14(3)4/h5-7,13-14,19H,8-12H2,1-4H3. The van der Waals surface area contributed by atoms with Crippen LogP contribution in [0.1, 0.15) is 33.3 Å². The molecule has 1 aromatic carbocycles. The smallest absolute Gasteiger partial charge is 0.0642 e. The monoisotopic (exact) mass is 309 g/mol. The Morgan fingerprint density at radius 3 is 2.33 bits per heavy atom. The molecule has 21 heavy (non-hydrogen) atoms. The number of anilines is 1. The molecule has 1 aliphatic rings. The quantitative estimate of drug-likeness (QED) is 0.899. The highest BCUT2D eigenvalue weighted by Crippen LogP contribution is 2.31. The first-order valence-corrected chi connectivity index (χ1v) is 8.36. The first-order chi connectivity index (χ1) is 9.99. The Kier molecular flexibility index (Phi) is 5.91. The van der Waals surface area contributed by atoms with E-state index in [-0.39, 0.29) is 0 Å². The van der Waals surface area contributed by atoms with Crippen molar-refractivity contribution in [3.05, 3.63) is 28.8 Å². The molecule has 0 spiro atoms. The molecule has 118 valence electrons. The molecule has 0 unspecified atom stereocenters. The molecule has 4 heteroatoms. The first kappa shape index (κ1) is 16.6. The molecule has 1 fully saturated rings. The maximum Gasteiger partial charge on any atom is 0.0642 e. The molecule has 0 atom stereocenters. The van der Waals surface area contributed by atoms with Crippen LogP contribution in [0.5, 0.6) is 0 Å². The Morgan fingerprint density at radius 1 is 1.10 bits per heavy atom. The zero-order valence-corrected chi connectivity index (χ0v) is 14.5. The summed E-state index contributed by atoms with van der Waals surface area (Å²) in [6.07, 6.45) is 0. The van der Waals surface area contributed by atoms with Gasteiger partial charge < -0.3 is 10.2 Å². The van der Waals surface area contributed by atoms with Gasteiger partial charge in [-0.15, -0.1) is 0 Å². The second-order valence-electron chi connectivity index (χ2n) is 6.40. The summed E-state index contributed by atoms with van der Waals surface area (Å²) in [7, 11) is 0. The van der Waals surface area contributed by atoms with Gasteiger partial charge in [0.1, 0.15) is 0 Å². The van der Waals surface area contributed by atoms with E-state index in [0.29, 0.717) is 12.1 Å². The predicted molar refractivity (Wildman–Crippen MR) is 92.3 cm³/mol. The van der Waals surface area contributed by atoms with Crippen LogP contribution in [0.25, 0.3) is 0 Å². The van der Waals surface area contributed by atoms with Crippen LogP contribution in [-0.2, 0) is 6.54 Å². The molecule has 1 N–H and O–H groups in total. The number of benzene rings is 1. The van der Waals surface area contributed by atoms with Gasteiger partial charge in [0.15, 0.2) is 0 Å². The summed E-state index contributed by atoms with van der Waals surface area (Å²) >= 11 is 6.49. The third-order valence-corrected chi connectivity index (χ3v) is 4.44. The normalized spacial score (nSPS) is 17.0. The van der Waals surface area contributed by atoms with Crippen molar-refractivity contribution in [2.45, 2.75) is 46.3 Å². The largest absolute Gasteiger partial charge is 0.367 e. The SMILES string of the molecule is CC(C)NCc1cccc(Cl)c1N1CCN(C(C)C)CC1. The Balaban J connectivity index is 2.12. The van der Waals surface area contributed by atoms with E-state index in [0.717, 1.165) is 37.7 Å². The minimum absolute atomic E-state index is 0.481. The highest BCUT2D eigenvalue weighted by Gasteiger charge is 2.22. The molecule has 1 aliphatic heterocycles. The second-order valence-corrected chi connectivity index (χ2v) is 6.81. The molecule has 3 nitrogen and oxygen atoms in total. The van der Waals surface area contributed by atoms with Gasteiger partial charge in [-0.2, -0.15) is 0 Å². The maximum atomic E-state index is 6.49. The topological polar surface area (TPSA) is 18.5 Å². The van der Waals surface area contributed by atoms with Crippen LogP contribution in [-0.4, -0.2) is 43.2 Å². The van der Waals surface area contributed by atoms with Gasteiger partial charge in [-0.1, -0.05) is 37.6 Å². The zero-order chi connectivity index (χ0) is 15.4. The molecule has 1 aromatic rings. The molecule has 0 amide bonds. The van der Waals surface area contributed by atoms with E-state index in [4.69, 9.17) is 11.6 Å². The Morgan fingerprint density at radius 2 is 1.76 bits per heavy atom. The van der Waals surface area contributed by atoms with Crippen molar-refractivity contribution in [3.8, 4) is 0 Å². The van der Waals surface area contributed by atoms with Crippen molar-refractivity contribution in [1.29, 1.82) is 0 Å². The number of halogens is 1. The highest BCUT2D eigenvalue weighted by atomic mass is 35.5. The Labute approximate surface area is 134 Å². The molecular formula is C17H28ClN3. The van der Waals surface area contributed by atoms with E-state index >= 15 is 0 Å². The summed E-state index contributed by atoms with van der Waals surface area (Å²) in [4.78, 5) is 4.97. The van der Waals surface area contributed by atoms with Crippen LogP contribution in [0.3, 0.4) is 0 Å². The predicted octanol–water partition coefficient (Wildman–Crippen LogP) is 3.37. The molecule has 0 bridgehead atoms. The lowest BCUT2D eigenvalue weighted by molar-refractivity contribution is 0.209. The van der Waals surface area contributed by atoms with Gasteiger partial charge in [0, 0.05) is 44.8 Å². The van der Waals surface area contributed by atoms with Crippen molar-refractivity contribution in [1.82, 2.24) is 10.2 Å². The van der Waals surface area contributed by atoms with Crippen LogP contribution >= 0.6 is 11.6 Å². The average Bonchev–Trinajstić information content (AvgIpc) is 2.45. The Hall–Kier alpha value is -0.770. The minimum atomic E-state index is 0.481. The van der Waals surface area contributed by atoms with Gasteiger partial charge in [-0.3, -0.25) is 4.90 Å². The number of hydrogen-bond acceptors (Lipinski definition) is 3. The lowest BCUT2D eigenvalue weighted by Gasteiger charge is -2.39. The van der Waals surface area contributed by atoms with Gasteiger partial charge >= 0.3 is 0 Å². The van der Waals surface area contributed by atoms with Crippen LogP contribution in [0.2, 0.25) is 5.02 Å². The van der Waals surface area contributed by atoms with Crippen LogP contribution in [0, 0.1) is 0 Å². The number of nitrogens with zero attached hydrogens (tertiary/aromatic N) is 2. The summed E-state index contributed by atoms with van der Waals surface area (Å²) in [5.41, 5.74) is 2.52. The fourth-order valence-corrected chi connectivity index (χ4v) is 3.15. The number of nitrogens with one attached hydrogen (secondary N) is 1. The summed E-state index contributed by atoms with van der Waals surface area (Å²) in [5, 5.41) is 4.37. The summed E-state index contributed by atoms with van der Waals surface area (Å²) in [6, 6.07) is 7.35. The van der Waals surface area contributed by atoms with Crippen molar-refractivity contribution in [2.75, 3.05) is 31.1 Å². The first-order valence-electron chi connectivity index (χ1n) is 7.98. The average molecular weight is 310 g/mol. The highest BCUT2D eigenvalue weighted by molar-refractivity contribution is 6.33. The maximum absolute atomic E-state index is 6.49. The van der Waals surface area contributed by atoms with E-state index < -0.39 is 0 Å². The fraction of sp³-hybridized carbons (Fsp3) is 0.647. The van der Waals surface area contributed by atoms with Gasteiger partial charge in [0.2, 0.25) is 0 Å². The third kappa shape index (κ3) is 4.35. The zero-order valence-electron chi connectivity index (χ0n) is 13.7. The van der Waals surface area contributed by atoms with Crippen LogP contribution < -0.4 is 10.2 Å².